The van der Waals surface area contributed by atoms with Crippen molar-refractivity contribution in [2.75, 3.05) is 0 Å². The first-order valence-corrected chi connectivity index (χ1v) is 7.44. The summed E-state index contributed by atoms with van der Waals surface area (Å²) in [5, 5.41) is 18.0. The highest BCUT2D eigenvalue weighted by atomic mass is 79.9. The topological polar surface area (TPSA) is 47.6 Å². The van der Waals surface area contributed by atoms with E-state index in [1.54, 1.807) is 17.4 Å². The van der Waals surface area contributed by atoms with Gasteiger partial charge in [0.15, 0.2) is 0 Å². The summed E-state index contributed by atoms with van der Waals surface area (Å²) in [5.41, 5.74) is 1.75. The van der Waals surface area contributed by atoms with E-state index in [1.165, 1.54) is 11.3 Å². The third-order valence-electron chi connectivity index (χ3n) is 2.26. The van der Waals surface area contributed by atoms with Crippen LogP contribution in [0.25, 0.3) is 11.6 Å². The van der Waals surface area contributed by atoms with Crippen LogP contribution in [-0.4, -0.2) is 0 Å². The fourth-order valence-electron chi connectivity index (χ4n) is 1.40. The van der Waals surface area contributed by atoms with Gasteiger partial charge in [-0.15, -0.1) is 22.7 Å². The van der Waals surface area contributed by atoms with Crippen LogP contribution in [0.3, 0.4) is 0 Å². The van der Waals surface area contributed by atoms with Gasteiger partial charge in [-0.1, -0.05) is 0 Å². The van der Waals surface area contributed by atoms with Gasteiger partial charge in [0.25, 0.3) is 0 Å². The first-order valence-electron chi connectivity index (χ1n) is 5.02. The Morgan fingerprint density at radius 1 is 1.33 bits per heavy atom. The maximum Gasteiger partial charge on any atom is 0.110 e. The fraction of sp³-hybridized carbons (Fsp3) is 0.0769. The highest BCUT2D eigenvalue weighted by Gasteiger charge is 2.07. The molecule has 18 heavy (non-hydrogen) atoms. The fourth-order valence-corrected chi connectivity index (χ4v) is 3.68. The molecule has 0 aliphatic heterocycles. The van der Waals surface area contributed by atoms with E-state index >= 15 is 0 Å². The molecule has 0 saturated heterocycles. The first kappa shape index (κ1) is 13.0. The Bertz CT molecular complexity index is 676. The van der Waals surface area contributed by atoms with Crippen molar-refractivity contribution in [3.05, 3.63) is 42.2 Å². The summed E-state index contributed by atoms with van der Waals surface area (Å²) in [6, 6.07) is 9.85. The van der Waals surface area contributed by atoms with Gasteiger partial charge in [-0.25, -0.2) is 0 Å². The van der Waals surface area contributed by atoms with Crippen molar-refractivity contribution in [1.29, 1.82) is 10.5 Å². The molecule has 0 bridgehead atoms. The van der Waals surface area contributed by atoms with E-state index in [1.807, 2.05) is 25.1 Å². The minimum Gasteiger partial charge on any atom is -0.192 e. The predicted molar refractivity (Wildman–Crippen MR) is 79.3 cm³/mol. The van der Waals surface area contributed by atoms with Gasteiger partial charge in [0.2, 0.25) is 0 Å². The molecule has 0 atom stereocenters. The number of aryl methyl sites for hydroxylation is 1. The summed E-state index contributed by atoms with van der Waals surface area (Å²) in [4.78, 5) is 2.48. The number of halogens is 1. The van der Waals surface area contributed by atoms with Crippen LogP contribution in [0.2, 0.25) is 0 Å². The Morgan fingerprint density at radius 2 is 2.11 bits per heavy atom. The summed E-state index contributed by atoms with van der Waals surface area (Å²) in [7, 11) is 0. The summed E-state index contributed by atoms with van der Waals surface area (Å²) in [5.74, 6) is 0. The van der Waals surface area contributed by atoms with Gasteiger partial charge >= 0.3 is 0 Å². The van der Waals surface area contributed by atoms with Crippen LogP contribution < -0.4 is 0 Å². The number of rotatable bonds is 2. The van der Waals surface area contributed by atoms with E-state index in [2.05, 4.69) is 28.1 Å². The van der Waals surface area contributed by atoms with Crippen molar-refractivity contribution < 1.29 is 0 Å². The Labute approximate surface area is 122 Å². The van der Waals surface area contributed by atoms with Crippen molar-refractivity contribution in [3.63, 3.8) is 0 Å². The highest BCUT2D eigenvalue weighted by Crippen LogP contribution is 2.31. The van der Waals surface area contributed by atoms with E-state index in [9.17, 15) is 5.26 Å². The molecule has 5 heteroatoms. The van der Waals surface area contributed by atoms with Crippen LogP contribution >= 0.6 is 38.6 Å². The highest BCUT2D eigenvalue weighted by molar-refractivity contribution is 9.11. The van der Waals surface area contributed by atoms with Gasteiger partial charge in [-0.05, 0) is 52.7 Å². The molecular weight excluding hydrogens is 328 g/mol. The quantitative estimate of drug-likeness (QED) is 0.739. The Kier molecular flexibility index (Phi) is 3.98. The number of thiophene rings is 2. The van der Waals surface area contributed by atoms with Crippen LogP contribution in [-0.2, 0) is 0 Å². The molecule has 2 nitrogen and oxygen atoms in total. The number of nitriles is 2. The molecule has 0 unspecified atom stereocenters. The molecule has 0 aliphatic carbocycles. The van der Waals surface area contributed by atoms with Gasteiger partial charge in [-0.2, -0.15) is 10.5 Å². The second-order valence-electron chi connectivity index (χ2n) is 3.55. The van der Waals surface area contributed by atoms with Crippen LogP contribution in [0.4, 0.5) is 0 Å². The van der Waals surface area contributed by atoms with E-state index in [0.717, 1.165) is 19.1 Å². The minimum atomic E-state index is 0.593. The number of nitrogens with zero attached hydrogens (tertiary/aromatic N) is 2. The largest absolute Gasteiger partial charge is 0.192 e. The minimum absolute atomic E-state index is 0.593. The van der Waals surface area contributed by atoms with Crippen molar-refractivity contribution in [3.8, 4) is 12.1 Å². The molecule has 0 spiro atoms. The zero-order valence-corrected chi connectivity index (χ0v) is 12.6. The van der Waals surface area contributed by atoms with Gasteiger partial charge in [-0.3, -0.25) is 0 Å². The van der Waals surface area contributed by atoms with Crippen molar-refractivity contribution >= 4 is 50.3 Å². The molecule has 0 N–H and O–H groups in total. The number of hydrogen-bond donors (Lipinski definition) is 0. The molecule has 2 aromatic heterocycles. The van der Waals surface area contributed by atoms with E-state index in [4.69, 9.17) is 5.26 Å². The molecular formula is C13H7BrN2S2. The molecule has 2 rings (SSSR count). The van der Waals surface area contributed by atoms with Crippen LogP contribution in [0, 0.1) is 29.6 Å². The third-order valence-corrected chi connectivity index (χ3v) is 5.37. The van der Waals surface area contributed by atoms with Crippen molar-refractivity contribution in [2.45, 2.75) is 6.92 Å². The summed E-state index contributed by atoms with van der Waals surface area (Å²) < 4.78 is 1.08. The summed E-state index contributed by atoms with van der Waals surface area (Å²) in [6.07, 6.45) is 1.86. The standard InChI is InChI=1S/C13H7BrN2S2/c1-8-4-11(18-13(8)14)5-9(6-15)12-3-2-10(7-16)17-12/h2-5H,1H3/b9-5+. The SMILES string of the molecule is Cc1cc(/C=C(\C#N)c2ccc(C#N)s2)sc1Br. The number of hydrogen-bond acceptors (Lipinski definition) is 4. The maximum atomic E-state index is 9.20. The Hall–Kier alpha value is -1.40. The van der Waals surface area contributed by atoms with Crippen molar-refractivity contribution in [1.82, 2.24) is 0 Å². The monoisotopic (exact) mass is 334 g/mol. The zero-order valence-electron chi connectivity index (χ0n) is 9.40. The lowest BCUT2D eigenvalue weighted by Crippen LogP contribution is -1.73. The van der Waals surface area contributed by atoms with Gasteiger partial charge in [0.1, 0.15) is 17.0 Å². The van der Waals surface area contributed by atoms with Crippen molar-refractivity contribution in [2.24, 2.45) is 0 Å². The average Bonchev–Trinajstić information content (AvgIpc) is 2.94. The normalized spacial score (nSPS) is 11.0. The van der Waals surface area contributed by atoms with E-state index in [-0.39, 0.29) is 0 Å². The summed E-state index contributed by atoms with van der Waals surface area (Å²) in [6.45, 7) is 2.02. The molecule has 2 heterocycles. The smallest absolute Gasteiger partial charge is 0.110 e. The lowest BCUT2D eigenvalue weighted by Gasteiger charge is -1.91. The van der Waals surface area contributed by atoms with Gasteiger partial charge in [0, 0.05) is 9.75 Å². The number of allylic oxidation sites excluding steroid dienone is 1. The second kappa shape index (κ2) is 5.49. The lowest BCUT2D eigenvalue weighted by molar-refractivity contribution is 1.52. The zero-order chi connectivity index (χ0) is 13.1. The predicted octanol–water partition coefficient (Wildman–Crippen LogP) is 4.82. The third kappa shape index (κ3) is 2.70. The molecule has 2 aromatic rings. The molecule has 0 amide bonds. The molecule has 0 saturated carbocycles. The lowest BCUT2D eigenvalue weighted by atomic mass is 10.2. The van der Waals surface area contributed by atoms with Gasteiger partial charge < -0.3 is 0 Å². The molecule has 0 radical (unpaired) electrons. The van der Waals surface area contributed by atoms with E-state index < -0.39 is 0 Å². The Morgan fingerprint density at radius 3 is 2.61 bits per heavy atom. The van der Waals surface area contributed by atoms with E-state index in [0.29, 0.717) is 10.5 Å². The Balaban J connectivity index is 2.40. The molecule has 88 valence electrons. The maximum absolute atomic E-state index is 9.20. The first-order chi connectivity index (χ1) is 8.63. The van der Waals surface area contributed by atoms with Crippen LogP contribution in [0.5, 0.6) is 0 Å². The van der Waals surface area contributed by atoms with Crippen LogP contribution in [0.15, 0.2) is 22.0 Å². The molecule has 0 aliphatic rings. The average molecular weight is 335 g/mol. The second-order valence-corrected chi connectivity index (χ2v) is 7.04. The van der Waals surface area contributed by atoms with Gasteiger partial charge in [0.05, 0.1) is 9.36 Å². The van der Waals surface area contributed by atoms with Crippen LogP contribution in [0.1, 0.15) is 20.2 Å². The molecule has 0 fully saturated rings. The summed E-state index contributed by atoms with van der Waals surface area (Å²) >= 11 is 6.40. The molecule has 0 aromatic carbocycles.